The summed E-state index contributed by atoms with van der Waals surface area (Å²) in [5.41, 5.74) is 2.71. The standard InChI is InChI=1S/C28H24Cl2N6O3/c29-21-8-4-3-7-20(21)23-13-24(36-26(33-23)22(30)15-32-36)31-14-17-9-11-34(12-10-17)25(37)16-35-27(38)18-5-1-2-6-19(18)28(35)39/h1-8,13,15,17,31H,9-12,14,16H2. The number of imide groups is 1. The summed E-state index contributed by atoms with van der Waals surface area (Å²) in [5, 5.41) is 8.88. The van der Waals surface area contributed by atoms with E-state index in [9.17, 15) is 14.4 Å². The lowest BCUT2D eigenvalue weighted by Gasteiger charge is -2.33. The fraction of sp³-hybridized carbons (Fsp3) is 0.250. The van der Waals surface area contributed by atoms with Crippen molar-refractivity contribution < 1.29 is 14.4 Å². The van der Waals surface area contributed by atoms with Crippen molar-refractivity contribution in [2.75, 3.05) is 31.5 Å². The van der Waals surface area contributed by atoms with Crippen LogP contribution in [0, 0.1) is 5.92 Å². The van der Waals surface area contributed by atoms with Gasteiger partial charge in [0.25, 0.3) is 11.8 Å². The van der Waals surface area contributed by atoms with E-state index in [0.29, 0.717) is 58.1 Å². The summed E-state index contributed by atoms with van der Waals surface area (Å²) >= 11 is 12.8. The van der Waals surface area contributed by atoms with Gasteiger partial charge in [-0.15, -0.1) is 0 Å². The predicted molar refractivity (Wildman–Crippen MR) is 148 cm³/mol. The number of benzene rings is 2. The van der Waals surface area contributed by atoms with Crippen molar-refractivity contribution in [2.45, 2.75) is 12.8 Å². The minimum Gasteiger partial charge on any atom is -0.370 e. The number of carbonyl (C=O) groups is 3. The molecule has 0 radical (unpaired) electrons. The van der Waals surface area contributed by atoms with Gasteiger partial charge in [-0.3, -0.25) is 19.3 Å². The number of anilines is 1. The van der Waals surface area contributed by atoms with Crippen LogP contribution in [0.25, 0.3) is 16.9 Å². The van der Waals surface area contributed by atoms with E-state index in [1.54, 1.807) is 39.9 Å². The van der Waals surface area contributed by atoms with Gasteiger partial charge in [0.1, 0.15) is 17.4 Å². The molecule has 0 saturated carbocycles. The van der Waals surface area contributed by atoms with Gasteiger partial charge in [-0.2, -0.15) is 9.61 Å². The number of hydrogen-bond donors (Lipinski definition) is 1. The molecule has 0 spiro atoms. The third-order valence-corrected chi connectivity index (χ3v) is 7.89. The average Bonchev–Trinajstić information content (AvgIpc) is 3.45. The van der Waals surface area contributed by atoms with Crippen LogP contribution in [0.5, 0.6) is 0 Å². The normalized spacial score (nSPS) is 15.7. The maximum Gasteiger partial charge on any atom is 0.262 e. The lowest BCUT2D eigenvalue weighted by molar-refractivity contribution is -0.132. The maximum atomic E-state index is 13.0. The Hall–Kier alpha value is -3.95. The Kier molecular flexibility index (Phi) is 6.70. The van der Waals surface area contributed by atoms with Crippen LogP contribution < -0.4 is 5.32 Å². The topological polar surface area (TPSA) is 99.9 Å². The zero-order valence-corrected chi connectivity index (χ0v) is 22.3. The molecule has 2 aliphatic rings. The van der Waals surface area contributed by atoms with Crippen molar-refractivity contribution in [1.29, 1.82) is 0 Å². The Morgan fingerprint density at radius 1 is 0.923 bits per heavy atom. The molecule has 6 rings (SSSR count). The van der Waals surface area contributed by atoms with E-state index in [1.807, 2.05) is 30.3 Å². The van der Waals surface area contributed by atoms with Crippen molar-refractivity contribution in [2.24, 2.45) is 5.92 Å². The minimum absolute atomic E-state index is 0.220. The first-order valence-electron chi connectivity index (χ1n) is 12.7. The van der Waals surface area contributed by atoms with Crippen molar-refractivity contribution in [1.82, 2.24) is 24.4 Å². The Bertz CT molecular complexity index is 1580. The van der Waals surface area contributed by atoms with Gasteiger partial charge in [-0.05, 0) is 37.0 Å². The second-order valence-electron chi connectivity index (χ2n) is 9.68. The molecule has 0 bridgehead atoms. The second kappa shape index (κ2) is 10.3. The van der Waals surface area contributed by atoms with Gasteiger partial charge >= 0.3 is 0 Å². The van der Waals surface area contributed by atoms with Crippen LogP contribution in [0.1, 0.15) is 33.6 Å². The lowest BCUT2D eigenvalue weighted by Crippen LogP contribution is -2.46. The molecule has 11 heteroatoms. The molecule has 3 amide bonds. The van der Waals surface area contributed by atoms with Gasteiger partial charge < -0.3 is 10.2 Å². The molecule has 4 heterocycles. The Morgan fingerprint density at radius 3 is 2.23 bits per heavy atom. The van der Waals surface area contributed by atoms with Crippen LogP contribution in [0.3, 0.4) is 0 Å². The van der Waals surface area contributed by atoms with Crippen LogP contribution in [0.4, 0.5) is 5.82 Å². The number of carbonyl (C=O) groups excluding carboxylic acids is 3. The molecule has 0 aliphatic carbocycles. The largest absolute Gasteiger partial charge is 0.370 e. The first-order valence-corrected chi connectivity index (χ1v) is 13.4. The van der Waals surface area contributed by atoms with Crippen molar-refractivity contribution in [3.8, 4) is 11.3 Å². The van der Waals surface area contributed by atoms with Crippen molar-refractivity contribution in [3.05, 3.63) is 82.0 Å². The third kappa shape index (κ3) is 4.72. The molecule has 39 heavy (non-hydrogen) atoms. The molecule has 1 saturated heterocycles. The Balaban J connectivity index is 1.09. The number of aromatic nitrogens is 3. The zero-order valence-electron chi connectivity index (χ0n) is 20.8. The monoisotopic (exact) mass is 562 g/mol. The quantitative estimate of drug-likeness (QED) is 0.343. The van der Waals surface area contributed by atoms with E-state index in [-0.39, 0.29) is 12.5 Å². The van der Waals surface area contributed by atoms with Gasteiger partial charge in [-0.25, -0.2) is 4.98 Å². The van der Waals surface area contributed by atoms with Crippen LogP contribution in [-0.4, -0.2) is 68.3 Å². The summed E-state index contributed by atoms with van der Waals surface area (Å²) in [7, 11) is 0. The number of halogens is 2. The van der Waals surface area contributed by atoms with Crippen LogP contribution in [0.2, 0.25) is 10.0 Å². The number of rotatable bonds is 6. The molecule has 2 aromatic heterocycles. The van der Waals surface area contributed by atoms with Crippen LogP contribution >= 0.6 is 23.2 Å². The fourth-order valence-electron chi connectivity index (χ4n) is 5.12. The lowest BCUT2D eigenvalue weighted by atomic mass is 9.96. The fourth-order valence-corrected chi connectivity index (χ4v) is 5.52. The van der Waals surface area contributed by atoms with E-state index >= 15 is 0 Å². The van der Waals surface area contributed by atoms with Gasteiger partial charge in [0.05, 0.1) is 23.0 Å². The summed E-state index contributed by atoms with van der Waals surface area (Å²) in [6.45, 7) is 1.53. The van der Waals surface area contributed by atoms with E-state index in [2.05, 4.69) is 15.4 Å². The van der Waals surface area contributed by atoms with Crippen LogP contribution in [-0.2, 0) is 4.79 Å². The second-order valence-corrected chi connectivity index (χ2v) is 10.5. The molecule has 0 atom stereocenters. The molecule has 2 aromatic carbocycles. The van der Waals surface area contributed by atoms with E-state index in [1.165, 1.54) is 0 Å². The summed E-state index contributed by atoms with van der Waals surface area (Å²) in [5.74, 6) is 0.00260. The van der Waals surface area contributed by atoms with Gasteiger partial charge in [0.2, 0.25) is 5.91 Å². The van der Waals surface area contributed by atoms with E-state index in [4.69, 9.17) is 23.2 Å². The highest BCUT2D eigenvalue weighted by Crippen LogP contribution is 2.31. The molecule has 1 N–H and O–H groups in total. The molecule has 4 aromatic rings. The number of fused-ring (bicyclic) bond motifs is 2. The SMILES string of the molecule is O=C(CN1C(=O)c2ccccc2C1=O)N1CCC(CNc2cc(-c3ccccc3Cl)nc3c(Cl)cnn23)CC1. The zero-order chi connectivity index (χ0) is 27.1. The van der Waals surface area contributed by atoms with E-state index in [0.717, 1.165) is 29.1 Å². The van der Waals surface area contributed by atoms with Gasteiger partial charge in [0, 0.05) is 36.3 Å². The van der Waals surface area contributed by atoms with Crippen molar-refractivity contribution >= 4 is 52.4 Å². The first kappa shape index (κ1) is 25.3. The highest BCUT2D eigenvalue weighted by atomic mass is 35.5. The summed E-state index contributed by atoms with van der Waals surface area (Å²) in [4.78, 5) is 45.6. The maximum absolute atomic E-state index is 13.0. The first-order chi connectivity index (χ1) is 18.9. The highest BCUT2D eigenvalue weighted by Gasteiger charge is 2.37. The third-order valence-electron chi connectivity index (χ3n) is 7.29. The molecule has 9 nitrogen and oxygen atoms in total. The van der Waals surface area contributed by atoms with Crippen LogP contribution in [0.15, 0.2) is 60.8 Å². The summed E-state index contributed by atoms with van der Waals surface area (Å²) in [6, 6.07) is 16.0. The number of nitrogens with zero attached hydrogens (tertiary/aromatic N) is 5. The van der Waals surface area contributed by atoms with Gasteiger partial charge in [0.15, 0.2) is 5.65 Å². The number of likely N-dealkylation sites (tertiary alicyclic amines) is 1. The van der Waals surface area contributed by atoms with Gasteiger partial charge in [-0.1, -0.05) is 53.5 Å². The average molecular weight is 563 g/mol. The Morgan fingerprint density at radius 2 is 1.56 bits per heavy atom. The van der Waals surface area contributed by atoms with Crippen molar-refractivity contribution in [3.63, 3.8) is 0 Å². The van der Waals surface area contributed by atoms with E-state index < -0.39 is 11.8 Å². The molecule has 2 aliphatic heterocycles. The number of hydrogen-bond acceptors (Lipinski definition) is 6. The molecule has 0 unspecified atom stereocenters. The number of nitrogens with one attached hydrogen (secondary N) is 1. The molecular formula is C28H24Cl2N6O3. The summed E-state index contributed by atoms with van der Waals surface area (Å²) < 4.78 is 1.67. The minimum atomic E-state index is -0.415. The number of piperidine rings is 1. The Labute approximate surface area is 234 Å². The molecule has 1 fully saturated rings. The smallest absolute Gasteiger partial charge is 0.262 e. The molecular weight excluding hydrogens is 539 g/mol. The molecule has 198 valence electrons. The summed E-state index contributed by atoms with van der Waals surface area (Å²) in [6.07, 6.45) is 3.13. The number of amides is 3. The highest BCUT2D eigenvalue weighted by molar-refractivity contribution is 6.34. The predicted octanol–water partition coefficient (Wildman–Crippen LogP) is 4.65.